The van der Waals surface area contributed by atoms with Crippen molar-refractivity contribution in [2.24, 2.45) is 4.99 Å². The van der Waals surface area contributed by atoms with Gasteiger partial charge in [-0.15, -0.1) is 0 Å². The van der Waals surface area contributed by atoms with Crippen molar-refractivity contribution >= 4 is 11.8 Å². The Hall–Kier alpha value is -2.32. The number of carbonyl (C=O) groups excluding carboxylic acids is 1. The zero-order valence-electron chi connectivity index (χ0n) is 9.14. The zero-order valence-corrected chi connectivity index (χ0v) is 9.14. The topological polar surface area (TPSA) is 42.3 Å². The molecule has 2 rings (SSSR count). The third-order valence-electron chi connectivity index (χ3n) is 2.41. The first kappa shape index (κ1) is 11.2. The van der Waals surface area contributed by atoms with Crippen LogP contribution in [-0.4, -0.2) is 11.1 Å². The highest BCUT2D eigenvalue weighted by Gasteiger charge is 2.08. The molecular formula is C13H9FN2O. The summed E-state index contributed by atoms with van der Waals surface area (Å²) in [5.74, 6) is -0.305. The fourth-order valence-corrected chi connectivity index (χ4v) is 1.68. The van der Waals surface area contributed by atoms with E-state index in [1.165, 1.54) is 24.4 Å². The summed E-state index contributed by atoms with van der Waals surface area (Å²) in [6.07, 6.45) is 4.65. The number of nitrogens with zero attached hydrogens (tertiary/aromatic N) is 2. The van der Waals surface area contributed by atoms with Gasteiger partial charge in [-0.1, -0.05) is 12.1 Å². The largest absolute Gasteiger partial charge is 0.262 e. The van der Waals surface area contributed by atoms with Gasteiger partial charge in [-0.2, -0.15) is 4.99 Å². The maximum atomic E-state index is 12.9. The second-order valence-electron chi connectivity index (χ2n) is 3.56. The van der Waals surface area contributed by atoms with Crippen molar-refractivity contribution in [3.8, 4) is 11.1 Å². The standard InChI is InChI=1S/C13H9FN2O/c1-9-6-15-7-12(16-8-17)13(9)10-2-4-11(14)5-3-10/h2-7H,1H3. The SMILES string of the molecule is Cc1cncc(N=C=O)c1-c1ccc(F)cc1. The van der Waals surface area contributed by atoms with Gasteiger partial charge in [0.2, 0.25) is 6.08 Å². The first-order valence-corrected chi connectivity index (χ1v) is 5.01. The molecule has 0 radical (unpaired) electrons. The monoisotopic (exact) mass is 228 g/mol. The van der Waals surface area contributed by atoms with E-state index >= 15 is 0 Å². The van der Waals surface area contributed by atoms with E-state index in [1.54, 1.807) is 18.3 Å². The minimum atomic E-state index is -0.305. The van der Waals surface area contributed by atoms with E-state index in [1.807, 2.05) is 6.92 Å². The number of hydrogen-bond donors (Lipinski definition) is 0. The molecule has 0 atom stereocenters. The van der Waals surface area contributed by atoms with Gasteiger partial charge in [0.25, 0.3) is 0 Å². The Labute approximate surface area is 97.7 Å². The van der Waals surface area contributed by atoms with Crippen LogP contribution in [0.4, 0.5) is 10.1 Å². The van der Waals surface area contributed by atoms with Crippen LogP contribution in [-0.2, 0) is 4.79 Å². The molecular weight excluding hydrogens is 219 g/mol. The number of halogens is 1. The summed E-state index contributed by atoms with van der Waals surface area (Å²) < 4.78 is 12.9. The smallest absolute Gasteiger partial charge is 0.240 e. The molecule has 0 unspecified atom stereocenters. The number of hydrogen-bond acceptors (Lipinski definition) is 3. The van der Waals surface area contributed by atoms with Crippen LogP contribution in [0, 0.1) is 12.7 Å². The van der Waals surface area contributed by atoms with Gasteiger partial charge >= 0.3 is 0 Å². The number of pyridine rings is 1. The number of aromatic nitrogens is 1. The van der Waals surface area contributed by atoms with E-state index in [9.17, 15) is 9.18 Å². The van der Waals surface area contributed by atoms with Gasteiger partial charge < -0.3 is 0 Å². The average molecular weight is 228 g/mol. The number of aliphatic imine (C=N–C) groups is 1. The molecule has 0 aliphatic rings. The van der Waals surface area contributed by atoms with Crippen LogP contribution in [0.2, 0.25) is 0 Å². The van der Waals surface area contributed by atoms with Crippen molar-refractivity contribution < 1.29 is 9.18 Å². The van der Waals surface area contributed by atoms with Gasteiger partial charge in [0, 0.05) is 11.8 Å². The van der Waals surface area contributed by atoms with Gasteiger partial charge in [0.05, 0.1) is 6.20 Å². The van der Waals surface area contributed by atoms with Gasteiger partial charge in [0.1, 0.15) is 11.5 Å². The minimum absolute atomic E-state index is 0.305. The molecule has 3 nitrogen and oxygen atoms in total. The lowest BCUT2D eigenvalue weighted by Gasteiger charge is -2.07. The molecule has 1 aromatic heterocycles. The number of isocyanates is 1. The molecule has 0 bridgehead atoms. The van der Waals surface area contributed by atoms with Gasteiger partial charge in [0.15, 0.2) is 0 Å². The molecule has 0 aliphatic carbocycles. The van der Waals surface area contributed by atoms with Crippen molar-refractivity contribution in [1.29, 1.82) is 0 Å². The fraction of sp³-hybridized carbons (Fsp3) is 0.0769. The van der Waals surface area contributed by atoms with E-state index in [4.69, 9.17) is 0 Å². The normalized spacial score (nSPS) is 9.76. The summed E-state index contributed by atoms with van der Waals surface area (Å²) in [6.45, 7) is 1.86. The summed E-state index contributed by atoms with van der Waals surface area (Å²) in [7, 11) is 0. The Kier molecular flexibility index (Phi) is 3.08. The highest BCUT2D eigenvalue weighted by Crippen LogP contribution is 2.32. The molecule has 4 heteroatoms. The highest BCUT2D eigenvalue weighted by atomic mass is 19.1. The lowest BCUT2D eigenvalue weighted by molar-refractivity contribution is 0.565. The van der Waals surface area contributed by atoms with Crippen molar-refractivity contribution in [2.45, 2.75) is 6.92 Å². The molecule has 0 spiro atoms. The van der Waals surface area contributed by atoms with Crippen molar-refractivity contribution in [3.63, 3.8) is 0 Å². The summed E-state index contributed by atoms with van der Waals surface area (Å²) in [6, 6.07) is 6.01. The molecule has 0 saturated heterocycles. The molecule has 0 N–H and O–H groups in total. The molecule has 84 valence electrons. The predicted octanol–water partition coefficient (Wildman–Crippen LogP) is 3.16. The third-order valence-corrected chi connectivity index (χ3v) is 2.41. The number of rotatable bonds is 2. The first-order valence-electron chi connectivity index (χ1n) is 5.01. The molecule has 0 aliphatic heterocycles. The van der Waals surface area contributed by atoms with E-state index in [0.717, 1.165) is 16.7 Å². The second kappa shape index (κ2) is 4.68. The summed E-state index contributed by atoms with van der Waals surface area (Å²) in [5.41, 5.74) is 2.86. The lowest BCUT2D eigenvalue weighted by atomic mass is 10.0. The van der Waals surface area contributed by atoms with Crippen LogP contribution < -0.4 is 0 Å². The Bertz CT molecular complexity index is 587. The minimum Gasteiger partial charge on any atom is -0.262 e. The Morgan fingerprint density at radius 3 is 2.59 bits per heavy atom. The highest BCUT2D eigenvalue weighted by molar-refractivity contribution is 5.79. The molecule has 17 heavy (non-hydrogen) atoms. The van der Waals surface area contributed by atoms with E-state index in [-0.39, 0.29) is 5.82 Å². The third kappa shape index (κ3) is 2.27. The van der Waals surface area contributed by atoms with Crippen LogP contribution in [0.3, 0.4) is 0 Å². The molecule has 2 aromatic rings. The Morgan fingerprint density at radius 1 is 1.24 bits per heavy atom. The maximum absolute atomic E-state index is 12.9. The summed E-state index contributed by atoms with van der Waals surface area (Å²) in [4.78, 5) is 17.9. The van der Waals surface area contributed by atoms with Crippen molar-refractivity contribution in [3.05, 3.63) is 48.0 Å². The Balaban J connectivity index is 2.65. The maximum Gasteiger partial charge on any atom is 0.240 e. The lowest BCUT2D eigenvalue weighted by Crippen LogP contribution is -1.87. The van der Waals surface area contributed by atoms with Crippen molar-refractivity contribution in [2.75, 3.05) is 0 Å². The van der Waals surface area contributed by atoms with Crippen molar-refractivity contribution in [1.82, 2.24) is 4.98 Å². The molecule has 1 aromatic carbocycles. The summed E-state index contributed by atoms with van der Waals surface area (Å²) in [5, 5.41) is 0. The predicted molar refractivity (Wildman–Crippen MR) is 62.1 cm³/mol. The molecule has 1 heterocycles. The molecule has 0 fully saturated rings. The van der Waals surface area contributed by atoms with E-state index < -0.39 is 0 Å². The van der Waals surface area contributed by atoms with Crippen LogP contribution in [0.5, 0.6) is 0 Å². The molecule has 0 saturated carbocycles. The van der Waals surface area contributed by atoms with Gasteiger partial charge in [-0.3, -0.25) is 4.98 Å². The van der Waals surface area contributed by atoms with Crippen LogP contribution >= 0.6 is 0 Å². The second-order valence-corrected chi connectivity index (χ2v) is 3.56. The fourth-order valence-electron chi connectivity index (χ4n) is 1.68. The zero-order chi connectivity index (χ0) is 12.3. The average Bonchev–Trinajstić information content (AvgIpc) is 2.32. The van der Waals surface area contributed by atoms with Crippen LogP contribution in [0.15, 0.2) is 41.7 Å². The first-order chi connectivity index (χ1) is 8.22. The van der Waals surface area contributed by atoms with Gasteiger partial charge in [-0.25, -0.2) is 9.18 Å². The Morgan fingerprint density at radius 2 is 1.94 bits per heavy atom. The summed E-state index contributed by atoms with van der Waals surface area (Å²) >= 11 is 0. The quantitative estimate of drug-likeness (QED) is 0.585. The van der Waals surface area contributed by atoms with Gasteiger partial charge in [-0.05, 0) is 30.2 Å². The number of aryl methyl sites for hydroxylation is 1. The van der Waals surface area contributed by atoms with E-state index in [2.05, 4.69) is 9.98 Å². The van der Waals surface area contributed by atoms with E-state index in [0.29, 0.717) is 5.69 Å². The van der Waals surface area contributed by atoms with Crippen LogP contribution in [0.25, 0.3) is 11.1 Å². The van der Waals surface area contributed by atoms with Crippen LogP contribution in [0.1, 0.15) is 5.56 Å². The molecule has 0 amide bonds. The number of benzene rings is 1.